The smallest absolute Gasteiger partial charge is 0.256 e. The van der Waals surface area contributed by atoms with Gasteiger partial charge in [-0.15, -0.1) is 0 Å². The van der Waals surface area contributed by atoms with Crippen molar-refractivity contribution in [2.24, 2.45) is 0 Å². The molecule has 1 amide bonds. The minimum Gasteiger partial charge on any atom is -0.490 e. The summed E-state index contributed by atoms with van der Waals surface area (Å²) in [6, 6.07) is 11.7. The highest BCUT2D eigenvalue weighted by Crippen LogP contribution is 2.33. The van der Waals surface area contributed by atoms with Crippen LogP contribution in [0, 0.1) is 0 Å². The van der Waals surface area contributed by atoms with E-state index < -0.39 is 5.60 Å². The second-order valence-electron chi connectivity index (χ2n) is 6.29. The number of fused-ring (bicyclic) bond motifs is 1. The van der Waals surface area contributed by atoms with Gasteiger partial charge in [0.2, 0.25) is 0 Å². The lowest BCUT2D eigenvalue weighted by Gasteiger charge is -2.27. The number of carbonyl (C=O) groups is 1. The zero-order valence-electron chi connectivity index (χ0n) is 15.2. The van der Waals surface area contributed by atoms with Crippen LogP contribution >= 0.6 is 0 Å². The summed E-state index contributed by atoms with van der Waals surface area (Å²) in [5.74, 6) is 0.691. The molecule has 2 aromatic carbocycles. The lowest BCUT2D eigenvalue weighted by atomic mass is 10.0. The Kier molecular flexibility index (Phi) is 5.84. The van der Waals surface area contributed by atoms with Crippen molar-refractivity contribution in [3.05, 3.63) is 36.4 Å². The minimum absolute atomic E-state index is 0.0928. The molecule has 0 aliphatic carbocycles. The monoisotopic (exact) mass is 329 g/mol. The number of hydrogen-bond donors (Lipinski definition) is 1. The SMILES string of the molecule is CCO[C@@](C)(CC)C(=O)Nc1ccc(OC(C)C)c2ccccc12. The predicted molar refractivity (Wildman–Crippen MR) is 98.7 cm³/mol. The molecule has 2 aromatic rings. The lowest BCUT2D eigenvalue weighted by molar-refractivity contribution is -0.139. The van der Waals surface area contributed by atoms with Crippen LogP contribution in [0.4, 0.5) is 5.69 Å². The van der Waals surface area contributed by atoms with E-state index in [0.717, 1.165) is 22.2 Å². The fourth-order valence-corrected chi connectivity index (χ4v) is 2.64. The van der Waals surface area contributed by atoms with Crippen molar-refractivity contribution >= 4 is 22.4 Å². The van der Waals surface area contributed by atoms with Gasteiger partial charge in [-0.05, 0) is 46.2 Å². The number of rotatable bonds is 7. The van der Waals surface area contributed by atoms with E-state index in [2.05, 4.69) is 5.32 Å². The van der Waals surface area contributed by atoms with Gasteiger partial charge in [-0.25, -0.2) is 0 Å². The lowest BCUT2D eigenvalue weighted by Crippen LogP contribution is -2.42. The van der Waals surface area contributed by atoms with Gasteiger partial charge in [0.05, 0.1) is 6.10 Å². The molecule has 4 heteroatoms. The first-order valence-corrected chi connectivity index (χ1v) is 8.55. The Morgan fingerprint density at radius 3 is 2.38 bits per heavy atom. The second kappa shape index (κ2) is 7.67. The summed E-state index contributed by atoms with van der Waals surface area (Å²) in [6.07, 6.45) is 0.703. The van der Waals surface area contributed by atoms with E-state index in [1.54, 1.807) is 0 Å². The van der Waals surface area contributed by atoms with Gasteiger partial charge in [-0.1, -0.05) is 31.2 Å². The molecule has 0 saturated carbocycles. The zero-order chi connectivity index (χ0) is 17.7. The maximum Gasteiger partial charge on any atom is 0.256 e. The van der Waals surface area contributed by atoms with Crippen molar-refractivity contribution in [2.45, 2.75) is 52.7 Å². The van der Waals surface area contributed by atoms with E-state index in [-0.39, 0.29) is 12.0 Å². The van der Waals surface area contributed by atoms with Crippen molar-refractivity contribution in [1.82, 2.24) is 0 Å². The van der Waals surface area contributed by atoms with Crippen LogP contribution in [-0.2, 0) is 9.53 Å². The molecule has 0 fully saturated rings. The van der Waals surface area contributed by atoms with Gasteiger partial charge < -0.3 is 14.8 Å². The number of benzene rings is 2. The third-order valence-corrected chi connectivity index (χ3v) is 4.11. The van der Waals surface area contributed by atoms with Crippen molar-refractivity contribution < 1.29 is 14.3 Å². The van der Waals surface area contributed by atoms with Crippen molar-refractivity contribution in [2.75, 3.05) is 11.9 Å². The summed E-state index contributed by atoms with van der Waals surface area (Å²) in [6.45, 7) is 10.2. The van der Waals surface area contributed by atoms with E-state index in [1.165, 1.54) is 0 Å². The number of carbonyl (C=O) groups excluding carboxylic acids is 1. The average Bonchev–Trinajstić information content (AvgIpc) is 2.56. The fourth-order valence-electron chi connectivity index (χ4n) is 2.64. The molecular weight excluding hydrogens is 302 g/mol. The summed E-state index contributed by atoms with van der Waals surface area (Å²) in [4.78, 5) is 12.7. The molecule has 0 saturated heterocycles. The van der Waals surface area contributed by atoms with Crippen LogP contribution in [0.2, 0.25) is 0 Å². The molecule has 0 aromatic heterocycles. The average molecular weight is 329 g/mol. The molecule has 0 spiro atoms. The Balaban J connectivity index is 2.38. The number of nitrogens with one attached hydrogen (secondary N) is 1. The van der Waals surface area contributed by atoms with Gasteiger partial charge >= 0.3 is 0 Å². The van der Waals surface area contributed by atoms with E-state index >= 15 is 0 Å². The normalized spacial score (nSPS) is 13.8. The Bertz CT molecular complexity index is 711. The maximum absolute atomic E-state index is 12.7. The summed E-state index contributed by atoms with van der Waals surface area (Å²) in [7, 11) is 0. The number of anilines is 1. The first-order valence-electron chi connectivity index (χ1n) is 8.55. The Labute approximate surface area is 144 Å². The van der Waals surface area contributed by atoms with Gasteiger partial charge in [-0.3, -0.25) is 4.79 Å². The molecule has 130 valence electrons. The molecule has 0 radical (unpaired) electrons. The zero-order valence-corrected chi connectivity index (χ0v) is 15.2. The largest absolute Gasteiger partial charge is 0.490 e. The highest BCUT2D eigenvalue weighted by atomic mass is 16.5. The molecule has 0 heterocycles. The van der Waals surface area contributed by atoms with Crippen molar-refractivity contribution in [1.29, 1.82) is 0 Å². The molecule has 0 bridgehead atoms. The molecular formula is C20H27NO3. The number of hydrogen-bond acceptors (Lipinski definition) is 3. The van der Waals surface area contributed by atoms with Crippen molar-refractivity contribution in [3.8, 4) is 5.75 Å². The van der Waals surface area contributed by atoms with Crippen LogP contribution in [0.15, 0.2) is 36.4 Å². The van der Waals surface area contributed by atoms with E-state index in [1.807, 2.05) is 71.0 Å². The first-order chi connectivity index (χ1) is 11.4. The van der Waals surface area contributed by atoms with Gasteiger partial charge in [0.1, 0.15) is 11.4 Å². The minimum atomic E-state index is -0.830. The second-order valence-corrected chi connectivity index (χ2v) is 6.29. The van der Waals surface area contributed by atoms with Crippen LogP contribution in [0.5, 0.6) is 5.75 Å². The summed E-state index contributed by atoms with van der Waals surface area (Å²) >= 11 is 0. The summed E-state index contributed by atoms with van der Waals surface area (Å²) in [5.41, 5.74) is -0.0609. The van der Waals surface area contributed by atoms with Crippen LogP contribution in [0.1, 0.15) is 41.0 Å². The molecule has 1 atom stereocenters. The third kappa shape index (κ3) is 3.88. The quantitative estimate of drug-likeness (QED) is 0.796. The number of amides is 1. The molecule has 24 heavy (non-hydrogen) atoms. The van der Waals surface area contributed by atoms with Gasteiger partial charge in [0.15, 0.2) is 0 Å². The highest BCUT2D eigenvalue weighted by Gasteiger charge is 2.32. The van der Waals surface area contributed by atoms with Crippen molar-refractivity contribution in [3.63, 3.8) is 0 Å². The predicted octanol–water partition coefficient (Wildman–Crippen LogP) is 4.77. The summed E-state index contributed by atoms with van der Waals surface area (Å²) in [5, 5.41) is 4.96. The Hall–Kier alpha value is -2.07. The van der Waals surface area contributed by atoms with Crippen LogP contribution < -0.4 is 10.1 Å². The molecule has 1 N–H and O–H groups in total. The molecule has 4 nitrogen and oxygen atoms in total. The van der Waals surface area contributed by atoms with E-state index in [9.17, 15) is 4.79 Å². The topological polar surface area (TPSA) is 47.6 Å². The van der Waals surface area contributed by atoms with Crippen LogP contribution in [-0.4, -0.2) is 24.2 Å². The van der Waals surface area contributed by atoms with Gasteiger partial charge in [0.25, 0.3) is 5.91 Å². The highest BCUT2D eigenvalue weighted by molar-refractivity contribution is 6.06. The maximum atomic E-state index is 12.7. The third-order valence-electron chi connectivity index (χ3n) is 4.11. The molecule has 0 aliphatic heterocycles. The van der Waals surface area contributed by atoms with Crippen LogP contribution in [0.25, 0.3) is 10.8 Å². The van der Waals surface area contributed by atoms with Gasteiger partial charge in [-0.2, -0.15) is 0 Å². The fraction of sp³-hybridized carbons (Fsp3) is 0.450. The number of ether oxygens (including phenoxy) is 2. The van der Waals surface area contributed by atoms with E-state index in [0.29, 0.717) is 13.0 Å². The van der Waals surface area contributed by atoms with Crippen LogP contribution in [0.3, 0.4) is 0 Å². The van der Waals surface area contributed by atoms with Gasteiger partial charge in [0, 0.05) is 23.1 Å². The Morgan fingerprint density at radius 1 is 1.12 bits per heavy atom. The first kappa shape index (κ1) is 18.3. The summed E-state index contributed by atoms with van der Waals surface area (Å²) < 4.78 is 11.5. The van der Waals surface area contributed by atoms with E-state index in [4.69, 9.17) is 9.47 Å². The molecule has 0 unspecified atom stereocenters. The standard InChI is InChI=1S/C20H27NO3/c1-6-20(5,23-7-2)19(22)21-17-12-13-18(24-14(3)4)16-11-9-8-10-15(16)17/h8-14H,6-7H2,1-5H3,(H,21,22)/t20-/m0/s1. The molecule has 2 rings (SSSR count). The Morgan fingerprint density at radius 2 is 1.79 bits per heavy atom. The molecule has 0 aliphatic rings.